The Kier molecular flexibility index (Phi) is 4.76. The van der Waals surface area contributed by atoms with E-state index in [-0.39, 0.29) is 5.75 Å². The van der Waals surface area contributed by atoms with E-state index in [1.54, 1.807) is 0 Å². The Bertz CT molecular complexity index is 425. The second-order valence-electron chi connectivity index (χ2n) is 3.61. The molecule has 1 rings (SSSR count). The Labute approximate surface area is 96.0 Å². The zero-order valence-electron chi connectivity index (χ0n) is 9.22. The molecule has 0 aromatic heterocycles. The summed E-state index contributed by atoms with van der Waals surface area (Å²) in [7, 11) is -3.83. The van der Waals surface area contributed by atoms with E-state index >= 15 is 0 Å². The van der Waals surface area contributed by atoms with E-state index in [4.69, 9.17) is 9.29 Å². The molecule has 0 aliphatic heterocycles. The smallest absolute Gasteiger partial charge is 0.264 e. The molecule has 4 nitrogen and oxygen atoms in total. The number of aryl methyl sites for hydroxylation is 1. The second-order valence-corrected chi connectivity index (χ2v) is 5.18. The molecule has 1 aromatic rings. The summed E-state index contributed by atoms with van der Waals surface area (Å²) in [6, 6.07) is 7.65. The topological polar surface area (TPSA) is 63.6 Å². The first-order valence-electron chi connectivity index (χ1n) is 5.12. The minimum atomic E-state index is -3.83. The lowest BCUT2D eigenvalue weighted by Gasteiger charge is -2.07. The molecule has 1 aromatic carbocycles. The number of benzene rings is 1. The van der Waals surface area contributed by atoms with Gasteiger partial charge >= 0.3 is 0 Å². The lowest BCUT2D eigenvalue weighted by Crippen LogP contribution is -2.06. The maximum Gasteiger partial charge on any atom is 0.264 e. The molecule has 0 heterocycles. The van der Waals surface area contributed by atoms with E-state index in [1.807, 2.05) is 31.2 Å². The van der Waals surface area contributed by atoms with E-state index in [9.17, 15) is 8.42 Å². The zero-order valence-corrected chi connectivity index (χ0v) is 10.0. The van der Waals surface area contributed by atoms with Gasteiger partial charge < -0.3 is 4.74 Å². The van der Waals surface area contributed by atoms with Crippen molar-refractivity contribution < 1.29 is 17.7 Å². The van der Waals surface area contributed by atoms with E-state index in [0.29, 0.717) is 19.4 Å². The predicted octanol–water partition coefficient (Wildman–Crippen LogP) is 2.04. The Balaban J connectivity index is 2.24. The molecule has 0 bridgehead atoms. The van der Waals surface area contributed by atoms with Crippen LogP contribution >= 0.6 is 0 Å². The van der Waals surface area contributed by atoms with Gasteiger partial charge in [0.05, 0.1) is 12.4 Å². The molecule has 0 aliphatic carbocycles. The lowest BCUT2D eigenvalue weighted by molar-refractivity contribution is 0.307. The fourth-order valence-electron chi connectivity index (χ4n) is 1.29. The maximum atomic E-state index is 10.4. The number of para-hydroxylation sites is 1. The molecule has 16 heavy (non-hydrogen) atoms. The van der Waals surface area contributed by atoms with E-state index < -0.39 is 10.1 Å². The number of hydrogen-bond donors (Lipinski definition) is 1. The average Bonchev–Trinajstić information content (AvgIpc) is 2.18. The summed E-state index contributed by atoms with van der Waals surface area (Å²) in [6.07, 6.45) is 1.01. The molecular formula is C11H16O4S. The quantitative estimate of drug-likeness (QED) is 0.614. The van der Waals surface area contributed by atoms with Crippen LogP contribution in [-0.4, -0.2) is 25.3 Å². The SMILES string of the molecule is Cc1ccccc1OCCCCS(=O)(=O)O. The van der Waals surface area contributed by atoms with Crippen LogP contribution in [0.1, 0.15) is 18.4 Å². The van der Waals surface area contributed by atoms with Crippen molar-refractivity contribution in [2.45, 2.75) is 19.8 Å². The van der Waals surface area contributed by atoms with Crippen LogP contribution in [0.2, 0.25) is 0 Å². The minimum absolute atomic E-state index is 0.204. The number of unbranched alkanes of at least 4 members (excludes halogenated alkanes) is 1. The van der Waals surface area contributed by atoms with Crippen molar-refractivity contribution >= 4 is 10.1 Å². The Hall–Kier alpha value is -1.07. The van der Waals surface area contributed by atoms with Crippen molar-refractivity contribution in [3.05, 3.63) is 29.8 Å². The van der Waals surface area contributed by atoms with Gasteiger partial charge in [-0.3, -0.25) is 4.55 Å². The fraction of sp³-hybridized carbons (Fsp3) is 0.455. The number of rotatable bonds is 6. The standard InChI is InChI=1S/C11H16O4S/c1-10-6-2-3-7-11(10)15-8-4-5-9-16(12,13)14/h2-3,6-7H,4-5,8-9H2,1H3,(H,12,13,14). The Morgan fingerprint density at radius 1 is 1.25 bits per heavy atom. The molecule has 0 amide bonds. The molecule has 0 saturated heterocycles. The predicted molar refractivity (Wildman–Crippen MR) is 62.3 cm³/mol. The lowest BCUT2D eigenvalue weighted by atomic mass is 10.2. The summed E-state index contributed by atoms with van der Waals surface area (Å²) in [5, 5.41) is 0. The molecular weight excluding hydrogens is 228 g/mol. The van der Waals surface area contributed by atoms with Gasteiger partial charge in [-0.05, 0) is 31.4 Å². The minimum Gasteiger partial charge on any atom is -0.493 e. The Morgan fingerprint density at radius 3 is 2.56 bits per heavy atom. The fourth-order valence-corrected chi connectivity index (χ4v) is 1.86. The van der Waals surface area contributed by atoms with Gasteiger partial charge in [0.15, 0.2) is 0 Å². The van der Waals surface area contributed by atoms with Crippen LogP contribution in [0, 0.1) is 6.92 Å². The van der Waals surface area contributed by atoms with E-state index in [0.717, 1.165) is 11.3 Å². The molecule has 0 unspecified atom stereocenters. The third-order valence-electron chi connectivity index (χ3n) is 2.15. The van der Waals surface area contributed by atoms with Gasteiger partial charge in [0.1, 0.15) is 5.75 Å². The van der Waals surface area contributed by atoms with Gasteiger partial charge in [0.2, 0.25) is 0 Å². The molecule has 5 heteroatoms. The molecule has 0 aliphatic rings. The summed E-state index contributed by atoms with van der Waals surface area (Å²) >= 11 is 0. The van der Waals surface area contributed by atoms with Gasteiger partial charge in [0, 0.05) is 0 Å². The van der Waals surface area contributed by atoms with Crippen LogP contribution in [-0.2, 0) is 10.1 Å². The molecule has 0 radical (unpaired) electrons. The number of hydrogen-bond acceptors (Lipinski definition) is 3. The second kappa shape index (κ2) is 5.86. The summed E-state index contributed by atoms with van der Waals surface area (Å²) in [5.74, 6) is 0.610. The monoisotopic (exact) mass is 244 g/mol. The largest absolute Gasteiger partial charge is 0.493 e. The highest BCUT2D eigenvalue weighted by atomic mass is 32.2. The van der Waals surface area contributed by atoms with Gasteiger partial charge in [-0.25, -0.2) is 0 Å². The highest BCUT2D eigenvalue weighted by Crippen LogP contribution is 2.16. The van der Waals surface area contributed by atoms with Crippen LogP contribution in [0.3, 0.4) is 0 Å². The normalized spacial score (nSPS) is 11.4. The highest BCUT2D eigenvalue weighted by Gasteiger charge is 2.03. The van der Waals surface area contributed by atoms with Crippen LogP contribution in [0.15, 0.2) is 24.3 Å². The van der Waals surface area contributed by atoms with Gasteiger partial charge in [0.25, 0.3) is 10.1 Å². The zero-order chi connectivity index (χ0) is 12.0. The van der Waals surface area contributed by atoms with Crippen molar-refractivity contribution in [3.8, 4) is 5.75 Å². The third kappa shape index (κ3) is 5.14. The first-order chi connectivity index (χ1) is 7.49. The van der Waals surface area contributed by atoms with Gasteiger partial charge in [-0.1, -0.05) is 18.2 Å². The number of ether oxygens (including phenoxy) is 1. The molecule has 0 atom stereocenters. The van der Waals surface area contributed by atoms with E-state index in [1.165, 1.54) is 0 Å². The summed E-state index contributed by atoms with van der Waals surface area (Å²) in [4.78, 5) is 0. The summed E-state index contributed by atoms with van der Waals surface area (Å²) in [6.45, 7) is 2.41. The first kappa shape index (κ1) is 13.0. The average molecular weight is 244 g/mol. The molecule has 90 valence electrons. The van der Waals surface area contributed by atoms with Crippen molar-refractivity contribution in [1.82, 2.24) is 0 Å². The molecule has 0 fully saturated rings. The molecule has 0 spiro atoms. The van der Waals surface area contributed by atoms with Gasteiger partial charge in [-0.2, -0.15) is 8.42 Å². The molecule has 0 saturated carbocycles. The van der Waals surface area contributed by atoms with Crippen LogP contribution in [0.5, 0.6) is 5.75 Å². The summed E-state index contributed by atoms with van der Waals surface area (Å²) < 4.78 is 34.9. The van der Waals surface area contributed by atoms with Crippen LogP contribution in [0.25, 0.3) is 0 Å². The van der Waals surface area contributed by atoms with Crippen LogP contribution in [0.4, 0.5) is 0 Å². The van der Waals surface area contributed by atoms with Crippen molar-refractivity contribution in [2.75, 3.05) is 12.4 Å². The third-order valence-corrected chi connectivity index (χ3v) is 2.95. The van der Waals surface area contributed by atoms with E-state index in [2.05, 4.69) is 0 Å². The van der Waals surface area contributed by atoms with Crippen molar-refractivity contribution in [1.29, 1.82) is 0 Å². The molecule has 1 N–H and O–H groups in total. The van der Waals surface area contributed by atoms with Crippen molar-refractivity contribution in [3.63, 3.8) is 0 Å². The van der Waals surface area contributed by atoms with Gasteiger partial charge in [-0.15, -0.1) is 0 Å². The van der Waals surface area contributed by atoms with Crippen LogP contribution < -0.4 is 4.74 Å². The summed E-state index contributed by atoms with van der Waals surface area (Å²) in [5.41, 5.74) is 1.05. The maximum absolute atomic E-state index is 10.4. The highest BCUT2D eigenvalue weighted by molar-refractivity contribution is 7.85. The first-order valence-corrected chi connectivity index (χ1v) is 6.73. The van der Waals surface area contributed by atoms with Crippen molar-refractivity contribution in [2.24, 2.45) is 0 Å². The Morgan fingerprint density at radius 2 is 1.94 bits per heavy atom.